The number of carbonyl (C=O) groups is 2. The number of rotatable bonds is 9. The third-order valence-corrected chi connectivity index (χ3v) is 7.60. The van der Waals surface area contributed by atoms with Crippen molar-refractivity contribution in [3.8, 4) is 0 Å². The van der Waals surface area contributed by atoms with Gasteiger partial charge in [0.15, 0.2) is 0 Å². The van der Waals surface area contributed by atoms with E-state index in [0.717, 1.165) is 12.8 Å². The highest BCUT2D eigenvalue weighted by atomic mass is 32.2. The van der Waals surface area contributed by atoms with Crippen molar-refractivity contribution in [1.29, 1.82) is 0 Å². The maximum Gasteiger partial charge on any atom is 0.242 e. The fourth-order valence-corrected chi connectivity index (χ4v) is 5.31. The normalized spacial score (nSPS) is 15.1. The van der Waals surface area contributed by atoms with E-state index in [1.807, 2.05) is 0 Å². The number of anilines is 2. The highest BCUT2D eigenvalue weighted by molar-refractivity contribution is 7.89. The summed E-state index contributed by atoms with van der Waals surface area (Å²) in [6, 6.07) is 10.0. The van der Waals surface area contributed by atoms with E-state index in [1.54, 1.807) is 0 Å². The van der Waals surface area contributed by atoms with E-state index < -0.39 is 32.0 Å². The molecule has 2 amide bonds. The van der Waals surface area contributed by atoms with Gasteiger partial charge in [0, 0.05) is 24.3 Å². The van der Waals surface area contributed by atoms with Crippen LogP contribution in [0.1, 0.15) is 26.7 Å². The number of nitrogens with one attached hydrogen (secondary N) is 4. The minimum Gasteiger partial charge on any atom is -0.326 e. The minimum absolute atomic E-state index is 0.00898. The summed E-state index contributed by atoms with van der Waals surface area (Å²) in [5, 5.41) is 5.06. The smallest absolute Gasteiger partial charge is 0.242 e. The van der Waals surface area contributed by atoms with Crippen LogP contribution in [0.2, 0.25) is 0 Å². The molecule has 3 rings (SSSR count). The van der Waals surface area contributed by atoms with Crippen LogP contribution in [-0.4, -0.2) is 40.7 Å². The van der Waals surface area contributed by atoms with E-state index in [9.17, 15) is 26.4 Å². The van der Waals surface area contributed by atoms with Crippen LogP contribution in [0.5, 0.6) is 0 Å². The molecule has 0 spiro atoms. The Morgan fingerprint density at radius 1 is 0.875 bits per heavy atom. The molecule has 32 heavy (non-hydrogen) atoms. The number of hydrogen-bond acceptors (Lipinski definition) is 6. The lowest BCUT2D eigenvalue weighted by Crippen LogP contribution is -2.41. The van der Waals surface area contributed by atoms with E-state index in [2.05, 4.69) is 20.1 Å². The van der Waals surface area contributed by atoms with Crippen LogP contribution in [0.25, 0.3) is 0 Å². The van der Waals surface area contributed by atoms with Gasteiger partial charge in [0.05, 0.1) is 15.8 Å². The van der Waals surface area contributed by atoms with Gasteiger partial charge in [-0.15, -0.1) is 0 Å². The fourth-order valence-electron chi connectivity index (χ4n) is 2.76. The molecule has 1 atom stereocenters. The average molecular weight is 481 g/mol. The number of benzene rings is 2. The highest BCUT2D eigenvalue weighted by Crippen LogP contribution is 2.23. The first-order valence-electron chi connectivity index (χ1n) is 9.79. The molecule has 1 aliphatic rings. The number of sulfonamides is 2. The molecule has 1 saturated carbocycles. The SMILES string of the molecule is CC(=O)Nc1ccc(S(=O)(=O)N[C@@H](C)C(=O)Nc2cccc(S(=O)(=O)NC3CC3)c2)cc1. The van der Waals surface area contributed by atoms with E-state index in [4.69, 9.17) is 0 Å². The largest absolute Gasteiger partial charge is 0.326 e. The van der Waals surface area contributed by atoms with Gasteiger partial charge in [-0.05, 0) is 62.2 Å². The maximum atomic E-state index is 12.6. The van der Waals surface area contributed by atoms with Gasteiger partial charge in [-0.1, -0.05) is 6.07 Å². The Bertz CT molecular complexity index is 1220. The molecule has 172 valence electrons. The summed E-state index contributed by atoms with van der Waals surface area (Å²) in [6.07, 6.45) is 1.59. The van der Waals surface area contributed by atoms with Crippen molar-refractivity contribution >= 4 is 43.2 Å². The molecule has 0 heterocycles. The Kier molecular flexibility index (Phi) is 6.98. The molecule has 1 aliphatic carbocycles. The van der Waals surface area contributed by atoms with Gasteiger partial charge in [-0.3, -0.25) is 9.59 Å². The van der Waals surface area contributed by atoms with Crippen molar-refractivity contribution in [1.82, 2.24) is 9.44 Å². The van der Waals surface area contributed by atoms with E-state index >= 15 is 0 Å². The Balaban J connectivity index is 1.65. The van der Waals surface area contributed by atoms with Gasteiger partial charge in [-0.25, -0.2) is 21.6 Å². The molecule has 2 aromatic carbocycles. The van der Waals surface area contributed by atoms with E-state index in [-0.39, 0.29) is 27.4 Å². The molecule has 0 aromatic heterocycles. The van der Waals surface area contributed by atoms with Crippen LogP contribution in [-0.2, 0) is 29.6 Å². The summed E-state index contributed by atoms with van der Waals surface area (Å²) in [4.78, 5) is 23.5. The molecule has 1 fully saturated rings. The third-order valence-electron chi connectivity index (χ3n) is 4.52. The van der Waals surface area contributed by atoms with Crippen LogP contribution in [0.15, 0.2) is 58.3 Å². The summed E-state index contributed by atoms with van der Waals surface area (Å²) in [6.45, 7) is 2.70. The standard InChI is InChI=1S/C20H24N4O6S2/c1-13(23-31(27,28)18-10-8-15(9-11-18)21-14(2)25)20(26)22-17-4-3-5-19(12-17)32(29,30)24-16-6-7-16/h3-5,8-13,16,23-24H,6-7H2,1-2H3,(H,21,25)(H,22,26)/t13-/m0/s1. The molecule has 0 aliphatic heterocycles. The quantitative estimate of drug-likeness (QED) is 0.426. The average Bonchev–Trinajstić information content (AvgIpc) is 3.51. The predicted octanol–water partition coefficient (Wildman–Crippen LogP) is 1.39. The second-order valence-corrected chi connectivity index (χ2v) is 10.9. The van der Waals surface area contributed by atoms with Crippen molar-refractivity contribution in [2.24, 2.45) is 0 Å². The van der Waals surface area contributed by atoms with Crippen LogP contribution in [0.4, 0.5) is 11.4 Å². The lowest BCUT2D eigenvalue weighted by molar-refractivity contribution is -0.117. The predicted molar refractivity (Wildman–Crippen MR) is 119 cm³/mol. The maximum absolute atomic E-state index is 12.6. The molecular formula is C20H24N4O6S2. The lowest BCUT2D eigenvalue weighted by atomic mass is 10.3. The summed E-state index contributed by atoms with van der Waals surface area (Å²) >= 11 is 0. The fraction of sp³-hybridized carbons (Fsp3) is 0.300. The Hall–Kier alpha value is -2.80. The van der Waals surface area contributed by atoms with Gasteiger partial charge in [-0.2, -0.15) is 4.72 Å². The Labute approximate surface area is 186 Å². The second-order valence-electron chi connectivity index (χ2n) is 7.46. The zero-order valence-corrected chi connectivity index (χ0v) is 19.1. The van der Waals surface area contributed by atoms with Gasteiger partial charge < -0.3 is 10.6 Å². The monoisotopic (exact) mass is 480 g/mol. The summed E-state index contributed by atoms with van der Waals surface area (Å²) in [5.41, 5.74) is 0.660. The van der Waals surface area contributed by atoms with Crippen LogP contribution in [0.3, 0.4) is 0 Å². The van der Waals surface area contributed by atoms with Gasteiger partial charge in [0.2, 0.25) is 31.9 Å². The Morgan fingerprint density at radius 3 is 2.12 bits per heavy atom. The van der Waals surface area contributed by atoms with Crippen molar-refractivity contribution < 1.29 is 26.4 Å². The molecule has 0 bridgehead atoms. The summed E-state index contributed by atoms with van der Waals surface area (Å²) in [7, 11) is -7.70. The Morgan fingerprint density at radius 2 is 1.53 bits per heavy atom. The molecule has 0 saturated heterocycles. The zero-order valence-electron chi connectivity index (χ0n) is 17.5. The molecule has 4 N–H and O–H groups in total. The summed E-state index contributed by atoms with van der Waals surface area (Å²) in [5.74, 6) is -0.947. The van der Waals surface area contributed by atoms with Gasteiger partial charge in [0.1, 0.15) is 0 Å². The number of amides is 2. The number of carbonyl (C=O) groups excluding carboxylic acids is 2. The van der Waals surface area contributed by atoms with Gasteiger partial charge >= 0.3 is 0 Å². The topological polar surface area (TPSA) is 151 Å². The molecule has 0 unspecified atom stereocenters. The van der Waals surface area contributed by atoms with Crippen molar-refractivity contribution in [2.75, 3.05) is 10.6 Å². The van der Waals surface area contributed by atoms with Crippen LogP contribution >= 0.6 is 0 Å². The first kappa shape index (κ1) is 23.9. The minimum atomic E-state index is -4.01. The van der Waals surface area contributed by atoms with Crippen molar-refractivity contribution in [3.05, 3.63) is 48.5 Å². The molecule has 10 nitrogen and oxygen atoms in total. The van der Waals surface area contributed by atoms with Crippen molar-refractivity contribution in [3.63, 3.8) is 0 Å². The number of hydrogen-bond donors (Lipinski definition) is 4. The third kappa shape index (κ3) is 6.36. The van der Waals surface area contributed by atoms with E-state index in [0.29, 0.717) is 5.69 Å². The molecule has 12 heteroatoms. The molecule has 2 aromatic rings. The van der Waals surface area contributed by atoms with Crippen LogP contribution < -0.4 is 20.1 Å². The summed E-state index contributed by atoms with van der Waals surface area (Å²) < 4.78 is 54.6. The van der Waals surface area contributed by atoms with Crippen molar-refractivity contribution in [2.45, 2.75) is 48.6 Å². The van der Waals surface area contributed by atoms with E-state index in [1.165, 1.54) is 62.4 Å². The lowest BCUT2D eigenvalue weighted by Gasteiger charge is -2.15. The molecular weight excluding hydrogens is 456 g/mol. The highest BCUT2D eigenvalue weighted by Gasteiger charge is 2.28. The second kappa shape index (κ2) is 9.36. The zero-order chi connectivity index (χ0) is 23.5. The van der Waals surface area contributed by atoms with Crippen LogP contribution in [0, 0.1) is 0 Å². The van der Waals surface area contributed by atoms with Gasteiger partial charge in [0.25, 0.3) is 0 Å². The first-order valence-corrected chi connectivity index (χ1v) is 12.8. The molecule has 0 radical (unpaired) electrons. The first-order chi connectivity index (χ1) is 15.0.